The number of benzene rings is 1. The lowest BCUT2D eigenvalue weighted by Crippen LogP contribution is -2.47. The first-order valence-corrected chi connectivity index (χ1v) is 7.87. The van der Waals surface area contributed by atoms with Crippen molar-refractivity contribution < 1.29 is 4.42 Å². The highest BCUT2D eigenvalue weighted by Gasteiger charge is 2.30. The van der Waals surface area contributed by atoms with Crippen molar-refractivity contribution in [3.8, 4) is 11.5 Å². The van der Waals surface area contributed by atoms with Crippen LogP contribution in [-0.2, 0) is 6.54 Å². The fourth-order valence-electron chi connectivity index (χ4n) is 2.72. The van der Waals surface area contributed by atoms with E-state index in [1.54, 1.807) is 0 Å². The summed E-state index contributed by atoms with van der Waals surface area (Å²) in [6, 6.07) is 7.89. The second-order valence-corrected chi connectivity index (χ2v) is 6.23. The van der Waals surface area contributed by atoms with Gasteiger partial charge in [0, 0.05) is 19.3 Å². The number of halogens is 1. The first kappa shape index (κ1) is 14.4. The van der Waals surface area contributed by atoms with Crippen molar-refractivity contribution in [3.63, 3.8) is 0 Å². The molecule has 1 aromatic carbocycles. The summed E-state index contributed by atoms with van der Waals surface area (Å²) in [4.78, 5) is 2.26. The molecule has 0 saturated carbocycles. The summed E-state index contributed by atoms with van der Waals surface area (Å²) < 4.78 is 7.75. The Morgan fingerprint density at radius 3 is 2.83 bits per heavy atom. The Bertz CT molecular complexity index is 821. The molecule has 0 amide bonds. The number of hydrogen-bond donors (Lipinski definition) is 0. The molecule has 1 aliphatic rings. The summed E-state index contributed by atoms with van der Waals surface area (Å²) in [6.07, 6.45) is 3.96. The van der Waals surface area contributed by atoms with Gasteiger partial charge in [-0.25, -0.2) is 0 Å². The highest BCUT2D eigenvalue weighted by molar-refractivity contribution is 6.33. The van der Waals surface area contributed by atoms with E-state index in [4.69, 9.17) is 16.0 Å². The van der Waals surface area contributed by atoms with Gasteiger partial charge in [-0.2, -0.15) is 5.10 Å². The molecule has 3 aromatic rings. The molecule has 0 radical (unpaired) electrons. The average Bonchev–Trinajstić information content (AvgIpc) is 3.12. The van der Waals surface area contributed by atoms with Crippen LogP contribution >= 0.6 is 11.6 Å². The first-order chi connectivity index (χ1) is 11.2. The van der Waals surface area contributed by atoms with E-state index in [0.717, 1.165) is 18.7 Å². The smallest absolute Gasteiger partial charge is 0.249 e. The lowest BCUT2D eigenvalue weighted by Gasteiger charge is -2.38. The van der Waals surface area contributed by atoms with Crippen molar-refractivity contribution in [2.75, 3.05) is 13.1 Å². The van der Waals surface area contributed by atoms with Crippen LogP contribution in [0.4, 0.5) is 0 Å². The largest absolute Gasteiger partial charge is 0.419 e. The molecule has 0 unspecified atom stereocenters. The molecule has 23 heavy (non-hydrogen) atoms. The third kappa shape index (κ3) is 2.87. The first-order valence-electron chi connectivity index (χ1n) is 7.49. The Kier molecular flexibility index (Phi) is 3.63. The molecule has 0 N–H and O–H groups in total. The summed E-state index contributed by atoms with van der Waals surface area (Å²) in [5.41, 5.74) is 1.95. The number of rotatable bonds is 4. The van der Waals surface area contributed by atoms with E-state index in [-0.39, 0.29) is 0 Å². The highest BCUT2D eigenvalue weighted by Crippen LogP contribution is 2.27. The zero-order valence-corrected chi connectivity index (χ0v) is 13.4. The Morgan fingerprint density at radius 2 is 2.09 bits per heavy atom. The van der Waals surface area contributed by atoms with Crippen LogP contribution in [0.5, 0.6) is 0 Å². The van der Waals surface area contributed by atoms with Crippen molar-refractivity contribution >= 4 is 11.6 Å². The Labute approximate surface area is 138 Å². The maximum Gasteiger partial charge on any atom is 0.249 e. The average molecular weight is 330 g/mol. The summed E-state index contributed by atoms with van der Waals surface area (Å²) in [7, 11) is 0. The standard InChI is InChI=1S/C16H16ClN5O/c1-11-6-18-22(7-11)12-8-21(9-12)10-15-19-20-16(23-15)13-4-2-3-5-14(13)17/h2-7,12H,8-10H2,1H3. The zero-order valence-electron chi connectivity index (χ0n) is 12.7. The number of nitrogens with zero attached hydrogens (tertiary/aromatic N) is 5. The van der Waals surface area contributed by atoms with Crippen LogP contribution in [0.1, 0.15) is 17.5 Å². The molecule has 1 aliphatic heterocycles. The molecule has 3 heterocycles. The van der Waals surface area contributed by atoms with Crippen molar-refractivity contribution in [2.24, 2.45) is 0 Å². The Balaban J connectivity index is 1.39. The summed E-state index contributed by atoms with van der Waals surface area (Å²) in [6.45, 7) is 4.57. The fraction of sp³-hybridized carbons (Fsp3) is 0.312. The van der Waals surface area contributed by atoms with Crippen LogP contribution in [0, 0.1) is 6.92 Å². The van der Waals surface area contributed by atoms with E-state index >= 15 is 0 Å². The zero-order chi connectivity index (χ0) is 15.8. The lowest BCUT2D eigenvalue weighted by molar-refractivity contribution is 0.0817. The van der Waals surface area contributed by atoms with Gasteiger partial charge in [0.15, 0.2) is 0 Å². The highest BCUT2D eigenvalue weighted by atomic mass is 35.5. The number of aryl methyl sites for hydroxylation is 1. The maximum absolute atomic E-state index is 6.15. The number of hydrogen-bond acceptors (Lipinski definition) is 5. The van der Waals surface area contributed by atoms with Crippen LogP contribution < -0.4 is 0 Å². The monoisotopic (exact) mass is 329 g/mol. The summed E-state index contributed by atoms with van der Waals surface area (Å²) in [5, 5.41) is 13.2. The molecule has 1 fully saturated rings. The molecule has 1 saturated heterocycles. The predicted molar refractivity (Wildman–Crippen MR) is 86.0 cm³/mol. The normalized spacial score (nSPS) is 15.7. The minimum absolute atomic E-state index is 0.426. The van der Waals surface area contributed by atoms with Crippen LogP contribution in [0.15, 0.2) is 41.1 Å². The molecule has 6 nitrogen and oxygen atoms in total. The van der Waals surface area contributed by atoms with Crippen molar-refractivity contribution in [1.82, 2.24) is 24.9 Å². The third-order valence-corrected chi connectivity index (χ3v) is 4.30. The van der Waals surface area contributed by atoms with E-state index in [1.807, 2.05) is 35.1 Å². The van der Waals surface area contributed by atoms with Gasteiger partial charge in [-0.05, 0) is 24.6 Å². The fourth-order valence-corrected chi connectivity index (χ4v) is 2.94. The van der Waals surface area contributed by atoms with Gasteiger partial charge in [-0.1, -0.05) is 23.7 Å². The minimum Gasteiger partial charge on any atom is -0.419 e. The van der Waals surface area contributed by atoms with Gasteiger partial charge in [-0.3, -0.25) is 9.58 Å². The third-order valence-electron chi connectivity index (χ3n) is 3.97. The molecule has 4 rings (SSSR count). The molecule has 118 valence electrons. The molecule has 0 aliphatic carbocycles. The topological polar surface area (TPSA) is 60.0 Å². The molecule has 0 spiro atoms. The van der Waals surface area contributed by atoms with Crippen LogP contribution in [0.25, 0.3) is 11.5 Å². The van der Waals surface area contributed by atoms with Crippen LogP contribution in [0.3, 0.4) is 0 Å². The van der Waals surface area contributed by atoms with E-state index in [0.29, 0.717) is 29.4 Å². The molecule has 2 aromatic heterocycles. The van der Waals surface area contributed by atoms with Gasteiger partial charge in [0.25, 0.3) is 0 Å². The molecular formula is C16H16ClN5O. The van der Waals surface area contributed by atoms with Gasteiger partial charge in [0.2, 0.25) is 11.8 Å². The summed E-state index contributed by atoms with van der Waals surface area (Å²) in [5.74, 6) is 1.07. The SMILES string of the molecule is Cc1cnn(C2CN(Cc3nnc(-c4ccccc4Cl)o3)C2)c1. The van der Waals surface area contributed by atoms with Crippen molar-refractivity contribution in [3.05, 3.63) is 53.1 Å². The summed E-state index contributed by atoms with van der Waals surface area (Å²) >= 11 is 6.15. The van der Waals surface area contributed by atoms with Crippen LogP contribution in [0.2, 0.25) is 5.02 Å². The lowest BCUT2D eigenvalue weighted by atomic mass is 10.1. The number of likely N-dealkylation sites (tertiary alicyclic amines) is 1. The molecular weight excluding hydrogens is 314 g/mol. The van der Waals surface area contributed by atoms with E-state index in [1.165, 1.54) is 5.56 Å². The van der Waals surface area contributed by atoms with Crippen molar-refractivity contribution in [1.29, 1.82) is 0 Å². The second kappa shape index (κ2) is 5.79. The van der Waals surface area contributed by atoms with E-state index in [2.05, 4.69) is 33.3 Å². The van der Waals surface area contributed by atoms with Gasteiger partial charge in [-0.15, -0.1) is 10.2 Å². The minimum atomic E-state index is 0.426. The Morgan fingerprint density at radius 1 is 1.26 bits per heavy atom. The maximum atomic E-state index is 6.15. The van der Waals surface area contributed by atoms with E-state index in [9.17, 15) is 0 Å². The quantitative estimate of drug-likeness (QED) is 0.736. The van der Waals surface area contributed by atoms with Gasteiger partial charge >= 0.3 is 0 Å². The molecule has 7 heteroatoms. The van der Waals surface area contributed by atoms with Crippen LogP contribution in [-0.4, -0.2) is 38.0 Å². The predicted octanol–water partition coefficient (Wildman–Crippen LogP) is 2.95. The Hall–Kier alpha value is -2.18. The molecule has 0 atom stereocenters. The van der Waals surface area contributed by atoms with Crippen molar-refractivity contribution in [2.45, 2.75) is 19.5 Å². The van der Waals surface area contributed by atoms with E-state index < -0.39 is 0 Å². The van der Waals surface area contributed by atoms with Gasteiger partial charge < -0.3 is 4.42 Å². The second-order valence-electron chi connectivity index (χ2n) is 5.83. The van der Waals surface area contributed by atoms with Gasteiger partial charge in [0.05, 0.1) is 29.4 Å². The van der Waals surface area contributed by atoms with Gasteiger partial charge in [0.1, 0.15) is 0 Å². The number of aromatic nitrogens is 4. The molecule has 0 bridgehead atoms.